The van der Waals surface area contributed by atoms with Crippen LogP contribution < -0.4 is 10.5 Å². The van der Waals surface area contributed by atoms with Gasteiger partial charge < -0.3 is 10.8 Å². The van der Waals surface area contributed by atoms with E-state index >= 15 is 0 Å². The number of anilines is 2. The molecule has 20 heavy (non-hydrogen) atoms. The number of nitrogens with two attached hydrogens (primary N) is 1. The number of aryl methyl sites for hydroxylation is 1. The van der Waals surface area contributed by atoms with Gasteiger partial charge in [0.05, 0.1) is 11.4 Å². The maximum absolute atomic E-state index is 13.1. The lowest BCUT2D eigenvalue weighted by molar-refractivity contribution is 0.471. The van der Waals surface area contributed by atoms with Crippen molar-refractivity contribution in [2.75, 3.05) is 10.5 Å². The van der Waals surface area contributed by atoms with Gasteiger partial charge in [-0.1, -0.05) is 6.07 Å². The van der Waals surface area contributed by atoms with Gasteiger partial charge in [-0.25, -0.2) is 12.8 Å². The zero-order valence-corrected chi connectivity index (χ0v) is 11.4. The molecule has 0 saturated carbocycles. The van der Waals surface area contributed by atoms with Gasteiger partial charge in [0.1, 0.15) is 16.5 Å². The molecule has 2 aromatic carbocycles. The van der Waals surface area contributed by atoms with E-state index in [2.05, 4.69) is 4.72 Å². The summed E-state index contributed by atoms with van der Waals surface area (Å²) in [4.78, 5) is -0.349. The lowest BCUT2D eigenvalue weighted by Crippen LogP contribution is -2.15. The van der Waals surface area contributed by atoms with Crippen LogP contribution in [0, 0.1) is 12.7 Å². The average Bonchev–Trinajstić information content (AvgIpc) is 2.36. The monoisotopic (exact) mass is 296 g/mol. The normalized spacial score (nSPS) is 11.3. The van der Waals surface area contributed by atoms with Crippen molar-refractivity contribution in [2.24, 2.45) is 0 Å². The van der Waals surface area contributed by atoms with E-state index in [0.29, 0.717) is 5.56 Å². The van der Waals surface area contributed by atoms with Gasteiger partial charge in [0.15, 0.2) is 0 Å². The fourth-order valence-electron chi connectivity index (χ4n) is 1.62. The molecule has 0 aliphatic carbocycles. The number of nitrogens with one attached hydrogen (secondary N) is 1. The van der Waals surface area contributed by atoms with E-state index in [-0.39, 0.29) is 22.0 Å². The number of nitrogen functional groups attached to an aromatic ring is 1. The van der Waals surface area contributed by atoms with Crippen LogP contribution in [0.1, 0.15) is 5.56 Å². The summed E-state index contributed by atoms with van der Waals surface area (Å²) in [6.45, 7) is 1.68. The van der Waals surface area contributed by atoms with Crippen LogP contribution in [-0.4, -0.2) is 13.5 Å². The molecule has 0 aliphatic rings. The molecule has 0 bridgehead atoms. The van der Waals surface area contributed by atoms with Crippen LogP contribution in [-0.2, 0) is 10.0 Å². The van der Waals surface area contributed by atoms with E-state index in [1.54, 1.807) is 13.0 Å². The molecule has 0 spiro atoms. The van der Waals surface area contributed by atoms with Crippen LogP contribution >= 0.6 is 0 Å². The molecule has 0 heterocycles. The van der Waals surface area contributed by atoms with Crippen molar-refractivity contribution >= 4 is 21.4 Å². The topological polar surface area (TPSA) is 92.4 Å². The van der Waals surface area contributed by atoms with Crippen LogP contribution in [0.15, 0.2) is 41.3 Å². The number of sulfonamides is 1. The lowest BCUT2D eigenvalue weighted by Gasteiger charge is -2.11. The van der Waals surface area contributed by atoms with Gasteiger partial charge in [-0.15, -0.1) is 0 Å². The predicted molar refractivity (Wildman–Crippen MR) is 74.5 cm³/mol. The van der Waals surface area contributed by atoms with Crippen molar-refractivity contribution in [3.8, 4) is 5.75 Å². The largest absolute Gasteiger partial charge is 0.508 e. The number of halogens is 1. The van der Waals surface area contributed by atoms with Gasteiger partial charge >= 0.3 is 0 Å². The van der Waals surface area contributed by atoms with E-state index in [0.717, 1.165) is 12.1 Å². The van der Waals surface area contributed by atoms with Gasteiger partial charge in [0, 0.05) is 6.07 Å². The van der Waals surface area contributed by atoms with E-state index < -0.39 is 15.8 Å². The highest BCUT2D eigenvalue weighted by atomic mass is 32.2. The third kappa shape index (κ3) is 2.83. The Morgan fingerprint density at radius 2 is 1.90 bits per heavy atom. The third-order valence-corrected chi connectivity index (χ3v) is 4.16. The summed E-state index contributed by atoms with van der Waals surface area (Å²) < 4.78 is 39.6. The fraction of sp³-hybridized carbons (Fsp3) is 0.0769. The second-order valence-electron chi connectivity index (χ2n) is 4.29. The first-order valence-corrected chi connectivity index (χ1v) is 7.15. The minimum atomic E-state index is -4.02. The molecule has 0 atom stereocenters. The molecule has 0 aliphatic heterocycles. The molecule has 0 saturated heterocycles. The standard InChI is InChI=1S/C13H13FN2O3S/c1-8-2-4-10(7-12(8)17)16-20(18,19)13-6-9(14)3-5-11(13)15/h2-7,16-17H,15H2,1H3. The van der Waals surface area contributed by atoms with Crippen molar-refractivity contribution in [1.82, 2.24) is 0 Å². The smallest absolute Gasteiger partial charge is 0.264 e. The number of benzene rings is 2. The first-order chi connectivity index (χ1) is 9.29. The molecule has 0 amide bonds. The summed E-state index contributed by atoms with van der Waals surface area (Å²) in [6.07, 6.45) is 0. The van der Waals surface area contributed by atoms with Crippen LogP contribution in [0.5, 0.6) is 5.75 Å². The number of phenolic OH excluding ortho intramolecular Hbond substituents is 1. The van der Waals surface area contributed by atoms with Crippen LogP contribution in [0.2, 0.25) is 0 Å². The van der Waals surface area contributed by atoms with Gasteiger partial charge in [0.25, 0.3) is 10.0 Å². The van der Waals surface area contributed by atoms with Gasteiger partial charge in [-0.2, -0.15) is 0 Å². The van der Waals surface area contributed by atoms with Crippen molar-refractivity contribution in [3.05, 3.63) is 47.8 Å². The van der Waals surface area contributed by atoms with Crippen molar-refractivity contribution in [3.63, 3.8) is 0 Å². The first kappa shape index (κ1) is 14.1. The number of phenols is 1. The Bertz CT molecular complexity index is 760. The summed E-state index contributed by atoms with van der Waals surface area (Å²) in [6, 6.07) is 7.40. The van der Waals surface area contributed by atoms with E-state index in [1.165, 1.54) is 18.2 Å². The summed E-state index contributed by atoms with van der Waals surface area (Å²) in [5.41, 5.74) is 6.26. The molecule has 2 aromatic rings. The molecule has 0 fully saturated rings. The highest BCUT2D eigenvalue weighted by Gasteiger charge is 2.18. The minimum absolute atomic E-state index is 0.0441. The number of rotatable bonds is 3. The number of hydrogen-bond acceptors (Lipinski definition) is 4. The van der Waals surface area contributed by atoms with E-state index in [4.69, 9.17) is 5.73 Å². The summed E-state index contributed by atoms with van der Waals surface area (Å²) in [5.74, 6) is -0.747. The average molecular weight is 296 g/mol. The van der Waals surface area contributed by atoms with Crippen LogP contribution in [0.3, 0.4) is 0 Å². The second kappa shape index (κ2) is 5.01. The Kier molecular flexibility index (Phi) is 3.54. The summed E-state index contributed by atoms with van der Waals surface area (Å²) >= 11 is 0. The molecule has 4 N–H and O–H groups in total. The van der Waals surface area contributed by atoms with Gasteiger partial charge in [0.2, 0.25) is 0 Å². The Morgan fingerprint density at radius 1 is 1.20 bits per heavy atom. The van der Waals surface area contributed by atoms with Gasteiger partial charge in [-0.05, 0) is 36.8 Å². The van der Waals surface area contributed by atoms with Crippen molar-refractivity contribution in [2.45, 2.75) is 11.8 Å². The summed E-state index contributed by atoms with van der Waals surface area (Å²) in [5, 5.41) is 9.55. The first-order valence-electron chi connectivity index (χ1n) is 5.67. The van der Waals surface area contributed by atoms with E-state index in [1.807, 2.05) is 0 Å². The zero-order valence-electron chi connectivity index (χ0n) is 10.6. The molecule has 0 unspecified atom stereocenters. The SMILES string of the molecule is Cc1ccc(NS(=O)(=O)c2cc(F)ccc2N)cc1O. The highest BCUT2D eigenvalue weighted by molar-refractivity contribution is 7.92. The van der Waals surface area contributed by atoms with E-state index in [9.17, 15) is 17.9 Å². The maximum Gasteiger partial charge on any atom is 0.264 e. The predicted octanol–water partition coefficient (Wildman–Crippen LogP) is 2.22. The van der Waals surface area contributed by atoms with Crippen molar-refractivity contribution < 1.29 is 17.9 Å². The number of hydrogen-bond donors (Lipinski definition) is 3. The van der Waals surface area contributed by atoms with Crippen LogP contribution in [0.25, 0.3) is 0 Å². The maximum atomic E-state index is 13.1. The molecular formula is C13H13FN2O3S. The molecule has 0 radical (unpaired) electrons. The lowest BCUT2D eigenvalue weighted by atomic mass is 10.2. The van der Waals surface area contributed by atoms with Crippen LogP contribution in [0.4, 0.5) is 15.8 Å². The molecule has 106 valence electrons. The Labute approximate surface area is 115 Å². The quantitative estimate of drug-likeness (QED) is 0.757. The molecular weight excluding hydrogens is 283 g/mol. The zero-order chi connectivity index (χ0) is 14.9. The molecule has 2 rings (SSSR count). The molecule has 0 aromatic heterocycles. The second-order valence-corrected chi connectivity index (χ2v) is 5.94. The molecule has 5 nitrogen and oxygen atoms in total. The minimum Gasteiger partial charge on any atom is -0.508 e. The Morgan fingerprint density at radius 3 is 2.55 bits per heavy atom. The Balaban J connectivity index is 2.40. The van der Waals surface area contributed by atoms with Crippen molar-refractivity contribution in [1.29, 1.82) is 0 Å². The third-order valence-electron chi connectivity index (χ3n) is 2.73. The number of aromatic hydroxyl groups is 1. The highest BCUT2D eigenvalue weighted by Crippen LogP contribution is 2.25. The molecule has 7 heteroatoms. The summed E-state index contributed by atoms with van der Waals surface area (Å²) in [7, 11) is -4.02. The fourth-order valence-corrected chi connectivity index (χ4v) is 2.82. The van der Waals surface area contributed by atoms with Gasteiger partial charge in [-0.3, -0.25) is 4.72 Å². The Hall–Kier alpha value is -2.28.